The Morgan fingerprint density at radius 1 is 1.32 bits per heavy atom. The van der Waals surface area contributed by atoms with Crippen LogP contribution in [-0.2, 0) is 11.3 Å². The third-order valence-corrected chi connectivity index (χ3v) is 4.85. The molecule has 1 atom stereocenters. The van der Waals surface area contributed by atoms with Gasteiger partial charge in [0.25, 0.3) is 0 Å². The number of amides is 3. The molecule has 0 saturated carbocycles. The van der Waals surface area contributed by atoms with Crippen molar-refractivity contribution in [1.82, 2.24) is 25.5 Å². The van der Waals surface area contributed by atoms with Crippen LogP contribution < -0.4 is 15.8 Å². The monoisotopic (exact) mass is 364 g/mol. The maximum Gasteiger partial charge on any atom is 0.318 e. The lowest BCUT2D eigenvalue weighted by molar-refractivity contribution is -0.120. The van der Waals surface area contributed by atoms with Gasteiger partial charge in [-0.25, -0.2) is 9.48 Å². The number of imide groups is 1. The lowest BCUT2D eigenvalue weighted by Gasteiger charge is -2.18. The van der Waals surface area contributed by atoms with E-state index in [0.717, 1.165) is 11.3 Å². The fraction of sp³-hybridized carbons (Fsp3) is 0.400. The second-order valence-electron chi connectivity index (χ2n) is 5.60. The number of hydrogen-bond donors (Lipinski definition) is 2. The highest BCUT2D eigenvalue weighted by Gasteiger charge is 2.27. The summed E-state index contributed by atoms with van der Waals surface area (Å²) in [6.45, 7) is 4.19. The van der Waals surface area contributed by atoms with Crippen LogP contribution in [0.25, 0.3) is 0 Å². The molecule has 1 aromatic heterocycles. The quantitative estimate of drug-likeness (QED) is 0.703. The number of carbonyl (C=O) groups is 2. The Bertz CT molecular complexity index is 731. The van der Waals surface area contributed by atoms with Crippen LogP contribution in [-0.4, -0.2) is 44.5 Å². The molecule has 0 fully saturated rings. The first-order valence-electron chi connectivity index (χ1n) is 7.56. The van der Waals surface area contributed by atoms with Crippen molar-refractivity contribution in [2.75, 3.05) is 7.11 Å². The maximum atomic E-state index is 12.1. The van der Waals surface area contributed by atoms with E-state index in [2.05, 4.69) is 20.8 Å². The summed E-state index contributed by atoms with van der Waals surface area (Å²) in [5.74, 6) is 0.250. The summed E-state index contributed by atoms with van der Waals surface area (Å²) in [6.07, 6.45) is 0. The van der Waals surface area contributed by atoms with Crippen LogP contribution in [0.2, 0.25) is 0 Å². The molecule has 10 heteroatoms. The number of ether oxygens (including phenoxy) is 1. The third-order valence-electron chi connectivity index (χ3n) is 3.33. The molecule has 25 heavy (non-hydrogen) atoms. The zero-order valence-electron chi connectivity index (χ0n) is 14.2. The molecule has 0 aliphatic heterocycles. The predicted octanol–water partition coefficient (Wildman–Crippen LogP) is 1.04. The Morgan fingerprint density at radius 2 is 2.00 bits per heavy atom. The second kappa shape index (κ2) is 8.47. The van der Waals surface area contributed by atoms with Gasteiger partial charge in [-0.2, -0.15) is 0 Å². The molecule has 2 rings (SSSR count). The number of carbonyl (C=O) groups excluding carboxylic acids is 2. The minimum absolute atomic E-state index is 0.0458. The molecule has 3 N–H and O–H groups in total. The highest BCUT2D eigenvalue weighted by molar-refractivity contribution is 8.00. The number of tetrazole rings is 1. The Morgan fingerprint density at radius 3 is 2.56 bits per heavy atom. The van der Waals surface area contributed by atoms with E-state index in [4.69, 9.17) is 10.5 Å². The van der Waals surface area contributed by atoms with Crippen LogP contribution in [0, 0.1) is 5.92 Å². The Hall–Kier alpha value is -2.62. The van der Waals surface area contributed by atoms with Gasteiger partial charge < -0.3 is 10.5 Å². The number of nitrogens with zero attached hydrogens (tertiary/aromatic N) is 4. The van der Waals surface area contributed by atoms with Gasteiger partial charge in [0.15, 0.2) is 0 Å². The maximum absolute atomic E-state index is 12.1. The minimum atomic E-state index is -0.880. The van der Waals surface area contributed by atoms with E-state index >= 15 is 0 Å². The summed E-state index contributed by atoms with van der Waals surface area (Å²) in [5, 5.41) is 13.7. The number of thioether (sulfide) groups is 1. The van der Waals surface area contributed by atoms with Gasteiger partial charge >= 0.3 is 6.03 Å². The van der Waals surface area contributed by atoms with Crippen molar-refractivity contribution in [1.29, 1.82) is 0 Å². The van der Waals surface area contributed by atoms with Crippen molar-refractivity contribution >= 4 is 23.7 Å². The van der Waals surface area contributed by atoms with Crippen molar-refractivity contribution in [3.05, 3.63) is 29.8 Å². The average molecular weight is 364 g/mol. The van der Waals surface area contributed by atoms with Gasteiger partial charge in [0.05, 0.1) is 18.9 Å². The normalized spacial score (nSPS) is 12.0. The summed E-state index contributed by atoms with van der Waals surface area (Å²) >= 11 is 1.19. The number of aromatic nitrogens is 4. The van der Waals surface area contributed by atoms with Crippen LogP contribution in [0.3, 0.4) is 0 Å². The number of nitrogens with one attached hydrogen (secondary N) is 1. The van der Waals surface area contributed by atoms with Gasteiger partial charge in [-0.3, -0.25) is 10.1 Å². The van der Waals surface area contributed by atoms with Crippen LogP contribution in [0.15, 0.2) is 29.4 Å². The number of hydrogen-bond acceptors (Lipinski definition) is 7. The van der Waals surface area contributed by atoms with Gasteiger partial charge in [-0.05, 0) is 34.0 Å². The average Bonchev–Trinajstić information content (AvgIpc) is 2.99. The van der Waals surface area contributed by atoms with Gasteiger partial charge in [-0.15, -0.1) is 5.10 Å². The minimum Gasteiger partial charge on any atom is -0.497 e. The Kier molecular flexibility index (Phi) is 6.34. The first-order chi connectivity index (χ1) is 11.9. The molecule has 9 nitrogen and oxygen atoms in total. The molecule has 2 aromatic rings. The van der Waals surface area contributed by atoms with Crippen molar-refractivity contribution < 1.29 is 14.3 Å². The number of primary amides is 1. The molecule has 1 unspecified atom stereocenters. The van der Waals surface area contributed by atoms with E-state index in [1.807, 2.05) is 38.1 Å². The molecule has 0 bridgehead atoms. The van der Waals surface area contributed by atoms with Crippen LogP contribution >= 0.6 is 11.8 Å². The van der Waals surface area contributed by atoms with Crippen LogP contribution in [0.5, 0.6) is 5.75 Å². The topological polar surface area (TPSA) is 125 Å². The molecular formula is C15H20N6O3S. The van der Waals surface area contributed by atoms with E-state index in [9.17, 15) is 9.59 Å². The van der Waals surface area contributed by atoms with E-state index in [0.29, 0.717) is 11.7 Å². The molecule has 0 spiro atoms. The summed E-state index contributed by atoms with van der Waals surface area (Å²) in [6, 6.07) is 6.64. The van der Waals surface area contributed by atoms with Crippen molar-refractivity contribution in [3.63, 3.8) is 0 Å². The summed E-state index contributed by atoms with van der Waals surface area (Å²) in [7, 11) is 1.61. The molecule has 0 radical (unpaired) electrons. The standard InChI is InChI=1S/C15H20N6O3S/c1-9(2)12(13(22)17-14(16)23)25-15-18-19-20-21(15)8-10-4-6-11(24-3)7-5-10/h4-7,9,12H,8H2,1-3H3,(H3,16,17,22,23). The number of rotatable bonds is 7. The third kappa shape index (κ3) is 5.18. The van der Waals surface area contributed by atoms with Gasteiger partial charge in [-0.1, -0.05) is 37.7 Å². The summed E-state index contributed by atoms with van der Waals surface area (Å²) in [5.41, 5.74) is 6.01. The molecule has 1 heterocycles. The van der Waals surface area contributed by atoms with Crippen molar-refractivity contribution in [3.8, 4) is 5.75 Å². The van der Waals surface area contributed by atoms with Gasteiger partial charge in [0.2, 0.25) is 11.1 Å². The smallest absolute Gasteiger partial charge is 0.318 e. The van der Waals surface area contributed by atoms with E-state index < -0.39 is 17.2 Å². The van der Waals surface area contributed by atoms with Crippen molar-refractivity contribution in [2.24, 2.45) is 11.7 Å². The number of nitrogens with two attached hydrogens (primary N) is 1. The van der Waals surface area contributed by atoms with E-state index in [1.54, 1.807) is 11.8 Å². The molecule has 1 aromatic carbocycles. The molecule has 134 valence electrons. The van der Waals surface area contributed by atoms with E-state index in [1.165, 1.54) is 11.8 Å². The second-order valence-corrected chi connectivity index (χ2v) is 6.71. The highest BCUT2D eigenvalue weighted by atomic mass is 32.2. The van der Waals surface area contributed by atoms with Gasteiger partial charge in [0.1, 0.15) is 5.75 Å². The van der Waals surface area contributed by atoms with E-state index in [-0.39, 0.29) is 5.92 Å². The first kappa shape index (κ1) is 18.7. The highest BCUT2D eigenvalue weighted by Crippen LogP contribution is 2.26. The number of methoxy groups -OCH3 is 1. The number of urea groups is 1. The zero-order valence-corrected chi connectivity index (χ0v) is 15.0. The summed E-state index contributed by atoms with van der Waals surface area (Å²) < 4.78 is 6.73. The summed E-state index contributed by atoms with van der Waals surface area (Å²) in [4.78, 5) is 23.1. The molecule has 3 amide bonds. The zero-order chi connectivity index (χ0) is 18.4. The SMILES string of the molecule is COc1ccc(Cn2nnnc2SC(C(=O)NC(N)=O)C(C)C)cc1. The molecule has 0 aliphatic carbocycles. The number of benzene rings is 1. The van der Waals surface area contributed by atoms with Crippen LogP contribution in [0.1, 0.15) is 19.4 Å². The molecule has 0 saturated heterocycles. The lowest BCUT2D eigenvalue weighted by Crippen LogP contribution is -2.42. The lowest BCUT2D eigenvalue weighted by atomic mass is 10.1. The fourth-order valence-corrected chi connectivity index (χ4v) is 3.05. The van der Waals surface area contributed by atoms with Crippen LogP contribution in [0.4, 0.5) is 4.79 Å². The molecular weight excluding hydrogens is 344 g/mol. The largest absolute Gasteiger partial charge is 0.497 e. The molecule has 0 aliphatic rings. The first-order valence-corrected chi connectivity index (χ1v) is 8.44. The Balaban J connectivity index is 2.13. The Labute approximate surface area is 149 Å². The predicted molar refractivity (Wildman–Crippen MR) is 92.1 cm³/mol. The van der Waals surface area contributed by atoms with Crippen molar-refractivity contribution in [2.45, 2.75) is 30.8 Å². The van der Waals surface area contributed by atoms with Gasteiger partial charge in [0, 0.05) is 0 Å². The fourth-order valence-electron chi connectivity index (χ4n) is 2.08.